The molecular formula is C12H26NO4PS. The normalized spacial score (nSPS) is 14.4. The summed E-state index contributed by atoms with van der Waals surface area (Å²) in [5.74, 6) is 0.140. The summed E-state index contributed by atoms with van der Waals surface area (Å²) in [4.78, 5) is 20.8. The molecule has 1 amide bonds. The second-order valence-electron chi connectivity index (χ2n) is 4.58. The Labute approximate surface area is 121 Å². The lowest BCUT2D eigenvalue weighted by atomic mass is 10.2. The molecule has 0 heterocycles. The van der Waals surface area contributed by atoms with Crippen LogP contribution in [0, 0.1) is 5.92 Å². The third-order valence-corrected chi connectivity index (χ3v) is 4.17. The van der Waals surface area contributed by atoms with Crippen molar-refractivity contribution in [3.63, 3.8) is 0 Å². The molecule has 0 saturated carbocycles. The van der Waals surface area contributed by atoms with E-state index in [1.165, 1.54) is 0 Å². The van der Waals surface area contributed by atoms with E-state index in [2.05, 4.69) is 5.32 Å². The molecule has 0 fully saturated rings. The van der Waals surface area contributed by atoms with Gasteiger partial charge in [0.1, 0.15) is 0 Å². The van der Waals surface area contributed by atoms with Crippen LogP contribution in [0.3, 0.4) is 0 Å². The minimum absolute atomic E-state index is 0.0423. The Morgan fingerprint density at radius 2 is 1.89 bits per heavy atom. The summed E-state index contributed by atoms with van der Waals surface area (Å²) >= 11 is 4.79. The summed E-state index contributed by atoms with van der Waals surface area (Å²) in [7, 11) is 0. The monoisotopic (exact) mass is 311 g/mol. The van der Waals surface area contributed by atoms with Crippen molar-refractivity contribution in [2.24, 2.45) is 5.92 Å². The van der Waals surface area contributed by atoms with Crippen LogP contribution in [0.2, 0.25) is 0 Å². The summed E-state index contributed by atoms with van der Waals surface area (Å²) in [5, 5.41) is 2.87. The highest BCUT2D eigenvalue weighted by atomic mass is 32.5. The number of carbonyl (C=O) groups is 1. The van der Waals surface area contributed by atoms with Gasteiger partial charge in [0.25, 0.3) is 0 Å². The molecule has 0 aromatic carbocycles. The van der Waals surface area contributed by atoms with Gasteiger partial charge < -0.3 is 19.3 Å². The van der Waals surface area contributed by atoms with Crippen molar-refractivity contribution in [3.8, 4) is 0 Å². The Bertz CT molecular complexity index is 299. The van der Waals surface area contributed by atoms with E-state index in [0.717, 1.165) is 32.2 Å². The van der Waals surface area contributed by atoms with Crippen LogP contribution in [0.5, 0.6) is 0 Å². The fraction of sp³-hybridized carbons (Fsp3) is 0.917. The van der Waals surface area contributed by atoms with Crippen LogP contribution in [0.15, 0.2) is 0 Å². The number of nitrogens with one attached hydrogen (secondary N) is 1. The van der Waals surface area contributed by atoms with Crippen LogP contribution < -0.4 is 5.32 Å². The maximum Gasteiger partial charge on any atom is 0.324 e. The van der Waals surface area contributed by atoms with Gasteiger partial charge in [0.15, 0.2) is 0 Å². The number of amides is 1. The van der Waals surface area contributed by atoms with Crippen molar-refractivity contribution in [1.82, 2.24) is 5.32 Å². The van der Waals surface area contributed by atoms with Crippen molar-refractivity contribution in [1.29, 1.82) is 0 Å². The standard InChI is InChI=1S/C12H26NO4PS/c1-4-16-18(15,19)17-10-8-6-5-7-9-13-12(14)11(2)3/h11H,4-10H2,1-3H3,(H,13,14)(H,15,19). The molecule has 1 unspecified atom stereocenters. The van der Waals surface area contributed by atoms with E-state index < -0.39 is 6.72 Å². The van der Waals surface area contributed by atoms with Gasteiger partial charge in [-0.25, -0.2) is 0 Å². The molecule has 1 atom stereocenters. The first-order valence-electron chi connectivity index (χ1n) is 6.78. The van der Waals surface area contributed by atoms with E-state index >= 15 is 0 Å². The molecule has 0 radical (unpaired) electrons. The largest absolute Gasteiger partial charge is 0.356 e. The van der Waals surface area contributed by atoms with Crippen LogP contribution in [-0.2, 0) is 25.6 Å². The molecule has 0 aromatic heterocycles. The lowest BCUT2D eigenvalue weighted by Crippen LogP contribution is -2.28. The zero-order valence-electron chi connectivity index (χ0n) is 12.1. The van der Waals surface area contributed by atoms with Gasteiger partial charge in [-0.05, 0) is 31.6 Å². The minimum Gasteiger partial charge on any atom is -0.356 e. The molecule has 0 aliphatic rings. The fourth-order valence-electron chi connectivity index (χ4n) is 1.38. The van der Waals surface area contributed by atoms with Gasteiger partial charge >= 0.3 is 6.72 Å². The average molecular weight is 311 g/mol. The number of carbonyl (C=O) groups excluding carboxylic acids is 1. The third-order valence-electron chi connectivity index (χ3n) is 2.44. The molecule has 5 nitrogen and oxygen atoms in total. The van der Waals surface area contributed by atoms with E-state index in [1.807, 2.05) is 13.8 Å². The fourth-order valence-corrected chi connectivity index (χ4v) is 2.68. The number of rotatable bonds is 11. The van der Waals surface area contributed by atoms with Gasteiger partial charge in [-0.15, -0.1) is 0 Å². The molecule has 19 heavy (non-hydrogen) atoms. The summed E-state index contributed by atoms with van der Waals surface area (Å²) in [5.41, 5.74) is 0. The summed E-state index contributed by atoms with van der Waals surface area (Å²) in [6.45, 7) is 4.03. The van der Waals surface area contributed by atoms with Gasteiger partial charge in [-0.1, -0.05) is 26.7 Å². The number of hydrogen-bond acceptors (Lipinski definition) is 4. The van der Waals surface area contributed by atoms with Crippen LogP contribution >= 0.6 is 6.72 Å². The minimum atomic E-state index is -3.00. The molecule has 0 aromatic rings. The van der Waals surface area contributed by atoms with Crippen molar-refractivity contribution in [2.75, 3.05) is 19.8 Å². The molecule has 0 aliphatic carbocycles. The smallest absolute Gasteiger partial charge is 0.324 e. The average Bonchev–Trinajstić information content (AvgIpc) is 2.31. The molecule has 2 N–H and O–H groups in total. The highest BCUT2D eigenvalue weighted by molar-refractivity contribution is 8.07. The first-order valence-corrected chi connectivity index (χ1v) is 9.37. The Kier molecular flexibility index (Phi) is 10.7. The van der Waals surface area contributed by atoms with Gasteiger partial charge in [-0.3, -0.25) is 4.79 Å². The Balaban J connectivity index is 3.37. The number of hydrogen-bond donors (Lipinski definition) is 2. The molecule has 0 bridgehead atoms. The highest BCUT2D eigenvalue weighted by Gasteiger charge is 2.12. The molecule has 0 saturated heterocycles. The van der Waals surface area contributed by atoms with Gasteiger partial charge in [0.05, 0.1) is 13.2 Å². The first kappa shape index (κ1) is 19.0. The second kappa shape index (κ2) is 10.7. The summed E-state index contributed by atoms with van der Waals surface area (Å²) < 4.78 is 10.1. The van der Waals surface area contributed by atoms with E-state index in [0.29, 0.717) is 13.2 Å². The van der Waals surface area contributed by atoms with Crippen LogP contribution in [-0.4, -0.2) is 30.6 Å². The first-order chi connectivity index (χ1) is 8.89. The van der Waals surface area contributed by atoms with Crippen molar-refractivity contribution >= 4 is 24.4 Å². The van der Waals surface area contributed by atoms with E-state index in [9.17, 15) is 9.69 Å². The predicted molar refractivity (Wildman–Crippen MR) is 80.4 cm³/mol. The topological polar surface area (TPSA) is 67.8 Å². The summed E-state index contributed by atoms with van der Waals surface area (Å²) in [6, 6.07) is 0. The zero-order valence-corrected chi connectivity index (χ0v) is 13.8. The third kappa shape index (κ3) is 11.5. The quantitative estimate of drug-likeness (QED) is 0.453. The molecule has 0 aliphatic heterocycles. The maximum absolute atomic E-state index is 11.3. The predicted octanol–water partition coefficient (Wildman–Crippen LogP) is 2.59. The SMILES string of the molecule is CCOP(O)(=S)OCCCCCCNC(=O)C(C)C. The maximum atomic E-state index is 11.3. The molecule has 7 heteroatoms. The Morgan fingerprint density at radius 1 is 1.26 bits per heavy atom. The second-order valence-corrected chi connectivity index (χ2v) is 7.42. The molecule has 114 valence electrons. The lowest BCUT2D eigenvalue weighted by molar-refractivity contribution is -0.123. The molecule has 0 spiro atoms. The molecule has 0 rings (SSSR count). The van der Waals surface area contributed by atoms with Gasteiger partial charge in [-0.2, -0.15) is 0 Å². The van der Waals surface area contributed by atoms with Gasteiger partial charge in [0.2, 0.25) is 5.91 Å². The number of unbranched alkanes of at least 4 members (excludes halogenated alkanes) is 3. The van der Waals surface area contributed by atoms with Crippen molar-refractivity contribution < 1.29 is 18.7 Å². The van der Waals surface area contributed by atoms with Crippen LogP contribution in [0.4, 0.5) is 0 Å². The van der Waals surface area contributed by atoms with E-state index in [4.69, 9.17) is 20.9 Å². The Morgan fingerprint density at radius 3 is 2.47 bits per heavy atom. The van der Waals surface area contributed by atoms with Crippen molar-refractivity contribution in [2.45, 2.75) is 46.5 Å². The van der Waals surface area contributed by atoms with Crippen LogP contribution in [0.1, 0.15) is 46.5 Å². The Hall–Kier alpha value is 0. The highest BCUT2D eigenvalue weighted by Crippen LogP contribution is 2.43. The van der Waals surface area contributed by atoms with Gasteiger partial charge in [0, 0.05) is 12.5 Å². The van der Waals surface area contributed by atoms with Crippen LogP contribution in [0.25, 0.3) is 0 Å². The summed E-state index contributed by atoms with van der Waals surface area (Å²) in [6.07, 6.45) is 3.80. The van der Waals surface area contributed by atoms with E-state index in [-0.39, 0.29) is 11.8 Å². The zero-order chi connectivity index (χ0) is 14.7. The molecular weight excluding hydrogens is 285 g/mol. The van der Waals surface area contributed by atoms with E-state index in [1.54, 1.807) is 6.92 Å². The lowest BCUT2D eigenvalue weighted by Gasteiger charge is -2.14. The van der Waals surface area contributed by atoms with Crippen molar-refractivity contribution in [3.05, 3.63) is 0 Å².